The minimum absolute atomic E-state index is 0.233. The maximum absolute atomic E-state index is 12.1. The van der Waals surface area contributed by atoms with Crippen LogP contribution in [0.15, 0.2) is 24.3 Å². The summed E-state index contributed by atoms with van der Waals surface area (Å²) in [6.45, 7) is 0. The van der Waals surface area contributed by atoms with E-state index < -0.39 is 0 Å². The third kappa shape index (κ3) is 1.40. The Kier molecular flexibility index (Phi) is 1.65. The summed E-state index contributed by atoms with van der Waals surface area (Å²) in [5.41, 5.74) is 0. The molecule has 0 atom stereocenters. The highest BCUT2D eigenvalue weighted by molar-refractivity contribution is 5.21. The molecule has 0 bridgehead atoms. The summed E-state index contributed by atoms with van der Waals surface area (Å²) in [5.74, 6) is -0.118. The van der Waals surface area contributed by atoms with Gasteiger partial charge in [-0.05, 0) is 24.3 Å². The van der Waals surface area contributed by atoms with E-state index in [1.54, 1.807) is 0 Å². The molecule has 0 aliphatic rings. The second-order valence-corrected chi connectivity index (χ2v) is 1.55. The average molecular weight is 128 g/mol. The molecule has 0 aromatic heterocycles. The second kappa shape index (κ2) is 2.46. The van der Waals surface area contributed by atoms with E-state index in [-0.39, 0.29) is 11.6 Å². The summed E-state index contributed by atoms with van der Waals surface area (Å²) >= 11 is 0. The van der Waals surface area contributed by atoms with E-state index in [4.69, 9.17) is 5.26 Å². The van der Waals surface area contributed by atoms with Crippen LogP contribution < -0.4 is 4.89 Å². The summed E-state index contributed by atoms with van der Waals surface area (Å²) in [4.78, 5) is 3.80. The molecule has 0 spiro atoms. The van der Waals surface area contributed by atoms with Gasteiger partial charge in [0.05, 0.1) is 0 Å². The number of hydrogen-bond donors (Lipinski definition) is 1. The van der Waals surface area contributed by atoms with E-state index in [0.717, 1.165) is 0 Å². The smallest absolute Gasteiger partial charge is 0.165 e. The van der Waals surface area contributed by atoms with Crippen molar-refractivity contribution >= 4 is 0 Å². The van der Waals surface area contributed by atoms with Crippen LogP contribution in [0.25, 0.3) is 0 Å². The van der Waals surface area contributed by atoms with Gasteiger partial charge in [-0.2, -0.15) is 0 Å². The molecule has 2 nitrogen and oxygen atoms in total. The van der Waals surface area contributed by atoms with Crippen molar-refractivity contribution in [1.82, 2.24) is 0 Å². The van der Waals surface area contributed by atoms with Crippen molar-refractivity contribution in [3.05, 3.63) is 30.1 Å². The quantitative estimate of drug-likeness (QED) is 0.460. The first-order valence-electron chi connectivity index (χ1n) is 2.40. The van der Waals surface area contributed by atoms with Gasteiger partial charge >= 0.3 is 0 Å². The van der Waals surface area contributed by atoms with Crippen LogP contribution in [0.4, 0.5) is 4.39 Å². The molecule has 0 aliphatic carbocycles. The van der Waals surface area contributed by atoms with E-state index in [1.165, 1.54) is 24.3 Å². The Morgan fingerprint density at radius 2 is 1.78 bits per heavy atom. The molecule has 0 radical (unpaired) electrons. The molecular formula is C6H5FO2. The largest absolute Gasteiger partial charge is 0.340 e. The summed E-state index contributed by atoms with van der Waals surface area (Å²) in [6.07, 6.45) is 0. The Balaban J connectivity index is 2.88. The van der Waals surface area contributed by atoms with E-state index in [0.29, 0.717) is 0 Å². The number of rotatable bonds is 1. The molecule has 0 saturated heterocycles. The maximum Gasteiger partial charge on any atom is 0.165 e. The molecule has 9 heavy (non-hydrogen) atoms. The maximum atomic E-state index is 12.1. The molecule has 1 aromatic carbocycles. The van der Waals surface area contributed by atoms with E-state index in [1.807, 2.05) is 0 Å². The molecule has 1 N–H and O–H groups in total. The molecule has 1 aromatic rings. The lowest BCUT2D eigenvalue weighted by atomic mass is 10.3. The van der Waals surface area contributed by atoms with Crippen molar-refractivity contribution in [2.75, 3.05) is 0 Å². The van der Waals surface area contributed by atoms with Gasteiger partial charge in [-0.1, -0.05) is 0 Å². The first-order valence-corrected chi connectivity index (χ1v) is 2.40. The fourth-order valence-corrected chi connectivity index (χ4v) is 0.495. The fourth-order valence-electron chi connectivity index (χ4n) is 0.495. The van der Waals surface area contributed by atoms with Crippen LogP contribution in [-0.2, 0) is 0 Å². The number of halogens is 1. The minimum Gasteiger partial charge on any atom is -0.340 e. The van der Waals surface area contributed by atoms with Gasteiger partial charge in [0.2, 0.25) is 0 Å². The SMILES string of the molecule is OOc1ccc(F)cc1. The van der Waals surface area contributed by atoms with Gasteiger partial charge in [-0.25, -0.2) is 9.65 Å². The second-order valence-electron chi connectivity index (χ2n) is 1.55. The van der Waals surface area contributed by atoms with Gasteiger partial charge in [0.15, 0.2) is 5.75 Å². The van der Waals surface area contributed by atoms with E-state index in [9.17, 15) is 4.39 Å². The predicted molar refractivity (Wildman–Crippen MR) is 29.7 cm³/mol. The molecule has 1 rings (SSSR count). The van der Waals surface area contributed by atoms with Crippen molar-refractivity contribution in [2.45, 2.75) is 0 Å². The highest BCUT2D eigenvalue weighted by Gasteiger charge is 1.90. The monoisotopic (exact) mass is 128 g/mol. The van der Waals surface area contributed by atoms with E-state index >= 15 is 0 Å². The molecule has 48 valence electrons. The van der Waals surface area contributed by atoms with Crippen molar-refractivity contribution in [2.24, 2.45) is 0 Å². The van der Waals surface area contributed by atoms with Crippen molar-refractivity contribution in [3.8, 4) is 5.75 Å². The van der Waals surface area contributed by atoms with Gasteiger partial charge in [0.25, 0.3) is 0 Å². The van der Waals surface area contributed by atoms with E-state index in [2.05, 4.69) is 4.89 Å². The van der Waals surface area contributed by atoms with Gasteiger partial charge in [-0.3, -0.25) is 0 Å². The normalized spacial score (nSPS) is 9.11. The van der Waals surface area contributed by atoms with Crippen molar-refractivity contribution in [3.63, 3.8) is 0 Å². The Morgan fingerprint density at radius 1 is 1.22 bits per heavy atom. The summed E-state index contributed by atoms with van der Waals surface area (Å²) in [6, 6.07) is 5.06. The van der Waals surface area contributed by atoms with Crippen LogP contribution in [0, 0.1) is 5.82 Å². The van der Waals surface area contributed by atoms with Crippen molar-refractivity contribution < 1.29 is 14.5 Å². The number of benzene rings is 1. The molecule has 3 heteroatoms. The van der Waals surface area contributed by atoms with Crippen LogP contribution in [0.3, 0.4) is 0 Å². The summed E-state index contributed by atoms with van der Waals surface area (Å²) in [5, 5.41) is 8.01. The lowest BCUT2D eigenvalue weighted by molar-refractivity contribution is -0.137. The lowest BCUT2D eigenvalue weighted by Crippen LogP contribution is -1.82. The van der Waals surface area contributed by atoms with Crippen molar-refractivity contribution in [1.29, 1.82) is 0 Å². The minimum atomic E-state index is -0.351. The Bertz CT molecular complexity index is 183. The zero-order valence-corrected chi connectivity index (χ0v) is 4.54. The topological polar surface area (TPSA) is 29.5 Å². The Morgan fingerprint density at radius 3 is 2.22 bits per heavy atom. The van der Waals surface area contributed by atoms with Crippen LogP contribution in [0.5, 0.6) is 5.75 Å². The molecule has 0 heterocycles. The highest BCUT2D eigenvalue weighted by Crippen LogP contribution is 2.08. The summed E-state index contributed by atoms with van der Waals surface area (Å²) in [7, 11) is 0. The molecule has 0 aliphatic heterocycles. The van der Waals surface area contributed by atoms with Gasteiger partial charge in [-0.15, -0.1) is 0 Å². The summed E-state index contributed by atoms with van der Waals surface area (Å²) < 4.78 is 12.1. The zero-order chi connectivity index (χ0) is 6.69. The van der Waals surface area contributed by atoms with Gasteiger partial charge in [0, 0.05) is 0 Å². The first kappa shape index (κ1) is 6.04. The Labute approximate surface area is 51.4 Å². The molecule has 0 saturated carbocycles. The van der Waals surface area contributed by atoms with Crippen LogP contribution in [0.2, 0.25) is 0 Å². The van der Waals surface area contributed by atoms with Crippen LogP contribution in [0.1, 0.15) is 0 Å². The molecular weight excluding hydrogens is 123 g/mol. The first-order chi connectivity index (χ1) is 4.33. The van der Waals surface area contributed by atoms with Crippen LogP contribution in [-0.4, -0.2) is 5.26 Å². The highest BCUT2D eigenvalue weighted by atomic mass is 19.1. The average Bonchev–Trinajstić information content (AvgIpc) is 1.90. The predicted octanol–water partition coefficient (Wildman–Crippen LogP) is 1.68. The Hall–Kier alpha value is -1.09. The molecule has 0 amide bonds. The third-order valence-corrected chi connectivity index (χ3v) is 0.919. The fraction of sp³-hybridized carbons (Fsp3) is 0. The standard InChI is InChI=1S/C6H5FO2/c7-5-1-3-6(9-8)4-2-5/h1-4,8H. The third-order valence-electron chi connectivity index (χ3n) is 0.919. The lowest BCUT2D eigenvalue weighted by Gasteiger charge is -1.92. The van der Waals surface area contributed by atoms with Gasteiger partial charge in [0.1, 0.15) is 5.82 Å². The van der Waals surface area contributed by atoms with Crippen LogP contribution >= 0.6 is 0 Å². The number of hydrogen-bond acceptors (Lipinski definition) is 2. The molecule has 0 fully saturated rings. The zero-order valence-electron chi connectivity index (χ0n) is 4.54. The van der Waals surface area contributed by atoms with Gasteiger partial charge < -0.3 is 4.89 Å². The molecule has 0 unspecified atom stereocenters.